The van der Waals surface area contributed by atoms with E-state index in [-0.39, 0.29) is 0 Å². The number of fused-ring (bicyclic) bond motifs is 2. The van der Waals surface area contributed by atoms with Crippen molar-refractivity contribution in [1.82, 2.24) is 9.88 Å². The third-order valence-corrected chi connectivity index (χ3v) is 8.41. The fourth-order valence-corrected chi connectivity index (χ4v) is 6.37. The third kappa shape index (κ3) is 4.30. The molecule has 1 aromatic heterocycles. The molecule has 1 aliphatic heterocycles. The predicted octanol–water partition coefficient (Wildman–Crippen LogP) is 4.20. The normalized spacial score (nSPS) is 32.1. The minimum absolute atomic E-state index is 0.599. The standard InChI is InChI=1S/C26H37N5/c1-18(27)24(16-28-2)21-5-6-25(29-14-21)30-15-23-13-26(23)7-9-31(10-8-26)17-22-12-19-3-4-20(22)11-19/h3-6,14,16,19-20,22-23H,7-13,15,17,27H2,1-2H3,(H,29,30). The highest BCUT2D eigenvalue weighted by atomic mass is 15.1. The number of aromatic nitrogens is 1. The Balaban J connectivity index is 1.08. The summed E-state index contributed by atoms with van der Waals surface area (Å²) in [5.41, 5.74) is 9.30. The van der Waals surface area contributed by atoms with Crippen LogP contribution in [0, 0.1) is 29.1 Å². The van der Waals surface area contributed by atoms with Crippen LogP contribution in [0.5, 0.6) is 0 Å². The second-order valence-electron chi connectivity index (χ2n) is 10.4. The fourth-order valence-electron chi connectivity index (χ4n) is 6.37. The molecule has 1 aromatic rings. The van der Waals surface area contributed by atoms with Crippen LogP contribution in [0.3, 0.4) is 0 Å². The molecule has 166 valence electrons. The molecule has 0 radical (unpaired) electrons. The van der Waals surface area contributed by atoms with Gasteiger partial charge in [0.15, 0.2) is 0 Å². The van der Waals surface area contributed by atoms with Gasteiger partial charge in [0.05, 0.1) is 0 Å². The number of piperidine rings is 1. The summed E-state index contributed by atoms with van der Waals surface area (Å²) in [5, 5.41) is 3.58. The maximum Gasteiger partial charge on any atom is 0.125 e. The summed E-state index contributed by atoms with van der Waals surface area (Å²) in [6.07, 6.45) is 15.7. The van der Waals surface area contributed by atoms with Gasteiger partial charge in [-0.15, -0.1) is 0 Å². The van der Waals surface area contributed by atoms with E-state index in [9.17, 15) is 0 Å². The van der Waals surface area contributed by atoms with Gasteiger partial charge in [0.2, 0.25) is 0 Å². The fraction of sp³-hybridized carbons (Fsp3) is 0.615. The molecule has 4 unspecified atom stereocenters. The first-order valence-corrected chi connectivity index (χ1v) is 12.1. The molecule has 4 atom stereocenters. The lowest BCUT2D eigenvalue weighted by Crippen LogP contribution is -2.39. The van der Waals surface area contributed by atoms with Crippen molar-refractivity contribution in [1.29, 1.82) is 0 Å². The van der Waals surface area contributed by atoms with Gasteiger partial charge in [-0.1, -0.05) is 12.2 Å². The number of nitrogens with zero attached hydrogens (tertiary/aromatic N) is 3. The van der Waals surface area contributed by atoms with Crippen LogP contribution in [0.1, 0.15) is 44.6 Å². The molecule has 5 heteroatoms. The average Bonchev–Trinajstić information content (AvgIpc) is 3.08. The van der Waals surface area contributed by atoms with Crippen LogP contribution < -0.4 is 11.1 Å². The number of allylic oxidation sites excluding steroid dienone is 4. The minimum atomic E-state index is 0.599. The van der Waals surface area contributed by atoms with E-state index in [1.165, 1.54) is 51.7 Å². The van der Waals surface area contributed by atoms with Crippen LogP contribution in [-0.2, 0) is 0 Å². The van der Waals surface area contributed by atoms with Crippen molar-refractivity contribution >= 4 is 17.6 Å². The molecular formula is C26H37N5. The second-order valence-corrected chi connectivity index (χ2v) is 10.4. The maximum absolute atomic E-state index is 5.99. The second kappa shape index (κ2) is 8.42. The minimum Gasteiger partial charge on any atom is -0.402 e. The van der Waals surface area contributed by atoms with Crippen LogP contribution in [0.4, 0.5) is 5.82 Å². The summed E-state index contributed by atoms with van der Waals surface area (Å²) in [6, 6.07) is 4.14. The van der Waals surface area contributed by atoms with Gasteiger partial charge in [-0.25, -0.2) is 4.98 Å². The summed E-state index contributed by atoms with van der Waals surface area (Å²) in [4.78, 5) is 11.5. The zero-order chi connectivity index (χ0) is 21.4. The lowest BCUT2D eigenvalue weighted by atomic mass is 9.88. The van der Waals surface area contributed by atoms with Gasteiger partial charge >= 0.3 is 0 Å². The third-order valence-electron chi connectivity index (χ3n) is 8.41. The smallest absolute Gasteiger partial charge is 0.125 e. The van der Waals surface area contributed by atoms with E-state index < -0.39 is 0 Å². The number of aliphatic imine (C=N–C) groups is 1. The number of pyridine rings is 1. The lowest BCUT2D eigenvalue weighted by Gasteiger charge is -2.35. The summed E-state index contributed by atoms with van der Waals surface area (Å²) in [7, 11) is 1.76. The summed E-state index contributed by atoms with van der Waals surface area (Å²) in [6.45, 7) is 6.87. The van der Waals surface area contributed by atoms with E-state index in [0.29, 0.717) is 5.41 Å². The molecule has 2 bridgehead atoms. The average molecular weight is 420 g/mol. The van der Waals surface area contributed by atoms with Crippen LogP contribution in [-0.4, -0.2) is 49.3 Å². The molecule has 3 N–H and O–H groups in total. The Morgan fingerprint density at radius 2 is 2.13 bits per heavy atom. The van der Waals surface area contributed by atoms with Crippen molar-refractivity contribution in [3.63, 3.8) is 0 Å². The van der Waals surface area contributed by atoms with Gasteiger partial charge in [-0.3, -0.25) is 4.99 Å². The number of hydrogen-bond donors (Lipinski definition) is 2. The van der Waals surface area contributed by atoms with E-state index in [2.05, 4.69) is 44.5 Å². The predicted molar refractivity (Wildman–Crippen MR) is 129 cm³/mol. The number of nitrogens with two attached hydrogens (primary N) is 1. The summed E-state index contributed by atoms with van der Waals surface area (Å²) in [5.74, 6) is 4.46. The maximum atomic E-state index is 5.99. The molecule has 2 saturated carbocycles. The van der Waals surface area contributed by atoms with E-state index >= 15 is 0 Å². The first-order valence-electron chi connectivity index (χ1n) is 12.1. The van der Waals surface area contributed by atoms with E-state index in [1.54, 1.807) is 13.3 Å². The molecular weight excluding hydrogens is 382 g/mol. The van der Waals surface area contributed by atoms with E-state index in [0.717, 1.165) is 52.9 Å². The first-order chi connectivity index (χ1) is 15.1. The molecule has 31 heavy (non-hydrogen) atoms. The van der Waals surface area contributed by atoms with Crippen LogP contribution in [0.15, 0.2) is 41.2 Å². The molecule has 2 heterocycles. The quantitative estimate of drug-likeness (QED) is 0.513. The monoisotopic (exact) mass is 419 g/mol. The van der Waals surface area contributed by atoms with Crippen LogP contribution in [0.2, 0.25) is 0 Å². The highest BCUT2D eigenvalue weighted by Gasteiger charge is 2.54. The zero-order valence-corrected chi connectivity index (χ0v) is 19.1. The van der Waals surface area contributed by atoms with Crippen molar-refractivity contribution in [3.05, 3.63) is 41.7 Å². The highest BCUT2D eigenvalue weighted by Crippen LogP contribution is 2.59. The Morgan fingerprint density at radius 3 is 2.74 bits per heavy atom. The SMILES string of the molecule is CN=CC(=C(C)N)c1ccc(NCC2CC23CCN(CC2CC4C=CC2C4)CC3)nc1. The van der Waals surface area contributed by atoms with Crippen LogP contribution >= 0.6 is 0 Å². The van der Waals surface area contributed by atoms with Crippen molar-refractivity contribution in [2.75, 3.05) is 38.5 Å². The Morgan fingerprint density at radius 1 is 1.29 bits per heavy atom. The molecule has 1 spiro atoms. The molecule has 5 nitrogen and oxygen atoms in total. The van der Waals surface area contributed by atoms with Crippen molar-refractivity contribution in [3.8, 4) is 0 Å². The molecule has 1 saturated heterocycles. The Labute approximate surface area is 186 Å². The highest BCUT2D eigenvalue weighted by molar-refractivity contribution is 6.10. The zero-order valence-electron chi connectivity index (χ0n) is 19.1. The molecule has 3 aliphatic carbocycles. The van der Waals surface area contributed by atoms with Gasteiger partial charge in [0, 0.05) is 49.4 Å². The van der Waals surface area contributed by atoms with Gasteiger partial charge < -0.3 is 16.0 Å². The van der Waals surface area contributed by atoms with Gasteiger partial charge in [0.1, 0.15) is 5.82 Å². The molecule has 0 aromatic carbocycles. The Kier molecular flexibility index (Phi) is 5.63. The number of hydrogen-bond acceptors (Lipinski definition) is 5. The molecule has 4 aliphatic rings. The lowest BCUT2D eigenvalue weighted by molar-refractivity contribution is 0.136. The van der Waals surface area contributed by atoms with Crippen LogP contribution in [0.25, 0.3) is 5.57 Å². The van der Waals surface area contributed by atoms with Crippen molar-refractivity contribution in [2.45, 2.75) is 39.0 Å². The molecule has 3 fully saturated rings. The Hall–Kier alpha value is -2.14. The van der Waals surface area contributed by atoms with Crippen molar-refractivity contribution in [2.24, 2.45) is 39.8 Å². The summed E-state index contributed by atoms with van der Waals surface area (Å²) < 4.78 is 0. The number of nitrogens with one attached hydrogen (secondary N) is 1. The Bertz CT molecular complexity index is 872. The topological polar surface area (TPSA) is 66.5 Å². The van der Waals surface area contributed by atoms with Gasteiger partial charge in [0.25, 0.3) is 0 Å². The first kappa shape index (κ1) is 20.7. The van der Waals surface area contributed by atoms with Gasteiger partial charge in [-0.05, 0) is 93.3 Å². The van der Waals surface area contributed by atoms with E-state index in [1.807, 2.05) is 13.1 Å². The molecule has 5 rings (SSSR count). The number of rotatable bonds is 7. The van der Waals surface area contributed by atoms with Crippen molar-refractivity contribution < 1.29 is 0 Å². The largest absolute Gasteiger partial charge is 0.402 e. The molecule has 0 amide bonds. The number of anilines is 1. The van der Waals surface area contributed by atoms with Gasteiger partial charge in [-0.2, -0.15) is 0 Å². The van der Waals surface area contributed by atoms with E-state index in [4.69, 9.17) is 5.73 Å². The number of likely N-dealkylation sites (tertiary alicyclic amines) is 1. The summed E-state index contributed by atoms with van der Waals surface area (Å²) >= 11 is 0.